The molecule has 0 amide bonds. The molecule has 6 nitrogen and oxygen atoms in total. The Morgan fingerprint density at radius 3 is 2.17 bits per heavy atom. The van der Waals surface area contributed by atoms with Crippen LogP contribution in [0.1, 0.15) is 31.4 Å². The Morgan fingerprint density at radius 1 is 0.900 bits per heavy atom. The molecular formula is C24H30O6. The van der Waals surface area contributed by atoms with Crippen LogP contribution in [0.4, 0.5) is 0 Å². The van der Waals surface area contributed by atoms with Crippen molar-refractivity contribution in [2.75, 3.05) is 13.2 Å². The Kier molecular flexibility index (Phi) is 6.53. The summed E-state index contributed by atoms with van der Waals surface area (Å²) < 4.78 is 30.8. The third-order valence-corrected chi connectivity index (χ3v) is 5.62. The molecule has 0 unspecified atom stereocenters. The van der Waals surface area contributed by atoms with Crippen LogP contribution in [0.3, 0.4) is 0 Å². The molecule has 0 aromatic heterocycles. The second-order valence-electron chi connectivity index (χ2n) is 8.25. The van der Waals surface area contributed by atoms with E-state index in [1.165, 1.54) is 0 Å². The van der Waals surface area contributed by atoms with Gasteiger partial charge in [0.05, 0.1) is 19.8 Å². The number of benzene rings is 2. The zero-order valence-electron chi connectivity index (χ0n) is 17.5. The van der Waals surface area contributed by atoms with Gasteiger partial charge in [-0.05, 0) is 25.0 Å². The number of fused-ring (bicyclic) bond motifs is 1. The molecule has 6 heteroatoms. The molecule has 4 rings (SSSR count). The molecule has 2 saturated heterocycles. The zero-order valence-corrected chi connectivity index (χ0v) is 17.5. The molecule has 162 valence electrons. The fraction of sp³-hybridized carbons (Fsp3) is 0.500. The molecule has 4 atom stereocenters. The van der Waals surface area contributed by atoms with Gasteiger partial charge in [-0.3, -0.25) is 0 Å². The third-order valence-electron chi connectivity index (χ3n) is 5.62. The van der Waals surface area contributed by atoms with E-state index >= 15 is 0 Å². The van der Waals surface area contributed by atoms with Crippen LogP contribution < -0.4 is 0 Å². The van der Waals surface area contributed by atoms with Crippen molar-refractivity contribution in [3.63, 3.8) is 0 Å². The minimum absolute atomic E-state index is 0.0552. The first-order valence-electron chi connectivity index (χ1n) is 10.4. The molecule has 0 radical (unpaired) electrons. The average Bonchev–Trinajstić information content (AvgIpc) is 3.19. The van der Waals surface area contributed by atoms with Crippen LogP contribution in [0.2, 0.25) is 0 Å². The van der Waals surface area contributed by atoms with Crippen LogP contribution in [0.5, 0.6) is 0 Å². The van der Waals surface area contributed by atoms with Crippen molar-refractivity contribution in [2.45, 2.75) is 63.4 Å². The molecule has 2 fully saturated rings. The minimum Gasteiger partial charge on any atom is -0.396 e. The van der Waals surface area contributed by atoms with E-state index in [0.29, 0.717) is 26.2 Å². The first-order valence-corrected chi connectivity index (χ1v) is 10.4. The summed E-state index contributed by atoms with van der Waals surface area (Å²) in [5.74, 6) is -0.776. The summed E-state index contributed by atoms with van der Waals surface area (Å²) in [6.45, 7) is 4.82. The highest BCUT2D eigenvalue weighted by atomic mass is 16.8. The molecule has 1 N–H and O–H groups in total. The van der Waals surface area contributed by atoms with Crippen molar-refractivity contribution >= 4 is 0 Å². The van der Waals surface area contributed by atoms with Crippen LogP contribution in [0, 0.1) is 0 Å². The summed E-state index contributed by atoms with van der Waals surface area (Å²) in [6.07, 6.45) is -1.08. The highest BCUT2D eigenvalue weighted by Gasteiger charge is 2.64. The van der Waals surface area contributed by atoms with E-state index in [0.717, 1.165) is 11.1 Å². The predicted octanol–water partition coefficient (Wildman–Crippen LogP) is 3.42. The van der Waals surface area contributed by atoms with Gasteiger partial charge in [-0.2, -0.15) is 0 Å². The molecule has 0 saturated carbocycles. The highest BCUT2D eigenvalue weighted by Crippen LogP contribution is 2.47. The molecular weight excluding hydrogens is 384 g/mol. The van der Waals surface area contributed by atoms with Crippen LogP contribution in [-0.4, -0.2) is 48.2 Å². The molecule has 0 spiro atoms. The first kappa shape index (κ1) is 21.4. The van der Waals surface area contributed by atoms with Gasteiger partial charge in [0.15, 0.2) is 12.1 Å². The molecule has 2 aromatic carbocycles. The number of ether oxygens (including phenoxy) is 5. The summed E-state index contributed by atoms with van der Waals surface area (Å²) in [4.78, 5) is 0. The zero-order chi connectivity index (χ0) is 21.0. The van der Waals surface area contributed by atoms with Gasteiger partial charge in [0.2, 0.25) is 0 Å². The molecule has 2 aliphatic rings. The summed E-state index contributed by atoms with van der Waals surface area (Å²) in [5.41, 5.74) is 1.25. The third kappa shape index (κ3) is 4.59. The second kappa shape index (κ2) is 9.14. The maximum absolute atomic E-state index is 9.89. The fourth-order valence-corrected chi connectivity index (χ4v) is 4.18. The van der Waals surface area contributed by atoms with E-state index in [1.807, 2.05) is 74.5 Å². The monoisotopic (exact) mass is 414 g/mol. The van der Waals surface area contributed by atoms with Crippen LogP contribution in [0.25, 0.3) is 0 Å². The van der Waals surface area contributed by atoms with E-state index in [4.69, 9.17) is 23.7 Å². The van der Waals surface area contributed by atoms with E-state index in [1.54, 1.807) is 0 Å². The molecule has 2 aromatic rings. The van der Waals surface area contributed by atoms with Crippen molar-refractivity contribution in [1.82, 2.24) is 0 Å². The summed E-state index contributed by atoms with van der Waals surface area (Å²) in [7, 11) is 0. The second-order valence-corrected chi connectivity index (χ2v) is 8.25. The Hall–Kier alpha value is -1.80. The molecule has 2 aliphatic heterocycles. The van der Waals surface area contributed by atoms with Crippen LogP contribution in [-0.2, 0) is 36.9 Å². The molecule has 2 heterocycles. The molecule has 0 aliphatic carbocycles. The summed E-state index contributed by atoms with van der Waals surface area (Å²) >= 11 is 0. The summed E-state index contributed by atoms with van der Waals surface area (Å²) in [6, 6.07) is 19.9. The fourth-order valence-electron chi connectivity index (χ4n) is 4.18. The summed E-state index contributed by atoms with van der Waals surface area (Å²) in [5, 5.41) is 9.89. The van der Waals surface area contributed by atoms with E-state index < -0.39 is 29.9 Å². The minimum atomic E-state index is -0.875. The Labute approximate surface area is 177 Å². The van der Waals surface area contributed by atoms with Gasteiger partial charge in [-0.1, -0.05) is 60.7 Å². The van der Waals surface area contributed by atoms with Crippen LogP contribution in [0.15, 0.2) is 60.7 Å². The number of rotatable bonds is 9. The van der Waals surface area contributed by atoms with Gasteiger partial charge in [-0.15, -0.1) is 0 Å². The standard InChI is InChI=1S/C24H30O6/c1-23(2)29-21-22(30-23)28-20(17-26-15-18-9-5-3-6-10-18)24(21,13-14-25)27-16-19-11-7-4-8-12-19/h3-12,20-22,25H,13-17H2,1-2H3/t20-,21+,22-,24-/m1/s1. The number of hydrogen-bond donors (Lipinski definition) is 1. The maximum Gasteiger partial charge on any atom is 0.190 e. The van der Waals surface area contributed by atoms with Crippen molar-refractivity contribution in [3.8, 4) is 0 Å². The van der Waals surface area contributed by atoms with E-state index in [2.05, 4.69) is 0 Å². The smallest absolute Gasteiger partial charge is 0.190 e. The van der Waals surface area contributed by atoms with Gasteiger partial charge in [0.1, 0.15) is 17.8 Å². The van der Waals surface area contributed by atoms with E-state index in [9.17, 15) is 5.11 Å². The van der Waals surface area contributed by atoms with Crippen LogP contribution >= 0.6 is 0 Å². The predicted molar refractivity (Wildman–Crippen MR) is 110 cm³/mol. The van der Waals surface area contributed by atoms with Gasteiger partial charge < -0.3 is 28.8 Å². The van der Waals surface area contributed by atoms with Crippen molar-refractivity contribution in [2.24, 2.45) is 0 Å². The van der Waals surface area contributed by atoms with Gasteiger partial charge in [-0.25, -0.2) is 0 Å². The maximum atomic E-state index is 9.89. The Bertz CT molecular complexity index is 796. The number of hydrogen-bond acceptors (Lipinski definition) is 6. The van der Waals surface area contributed by atoms with Gasteiger partial charge in [0, 0.05) is 13.0 Å². The molecule has 0 bridgehead atoms. The topological polar surface area (TPSA) is 66.4 Å². The Balaban J connectivity index is 1.51. The lowest BCUT2D eigenvalue weighted by atomic mass is 9.88. The average molecular weight is 414 g/mol. The number of aliphatic hydroxyl groups excluding tert-OH is 1. The quantitative estimate of drug-likeness (QED) is 0.678. The first-order chi connectivity index (χ1) is 14.5. The van der Waals surface area contributed by atoms with Gasteiger partial charge in [0.25, 0.3) is 0 Å². The Morgan fingerprint density at radius 2 is 1.53 bits per heavy atom. The highest BCUT2D eigenvalue weighted by molar-refractivity contribution is 5.15. The lowest BCUT2D eigenvalue weighted by Gasteiger charge is -2.38. The number of aliphatic hydroxyl groups is 1. The van der Waals surface area contributed by atoms with Crippen molar-refractivity contribution in [3.05, 3.63) is 71.8 Å². The lowest BCUT2D eigenvalue weighted by Crippen LogP contribution is -2.53. The molecule has 30 heavy (non-hydrogen) atoms. The lowest BCUT2D eigenvalue weighted by molar-refractivity contribution is -0.248. The van der Waals surface area contributed by atoms with Crippen molar-refractivity contribution < 1.29 is 28.8 Å². The van der Waals surface area contributed by atoms with E-state index in [-0.39, 0.29) is 6.61 Å². The van der Waals surface area contributed by atoms with Crippen molar-refractivity contribution in [1.29, 1.82) is 0 Å². The SMILES string of the molecule is CC1(C)O[C@H]2O[C@H](COCc3ccccc3)[C@@](CCO)(OCc3ccccc3)[C@H]2O1. The normalized spacial score (nSPS) is 29.8. The largest absolute Gasteiger partial charge is 0.396 e. The van der Waals surface area contributed by atoms with Gasteiger partial charge >= 0.3 is 0 Å².